The Balaban J connectivity index is 1.63. The molecule has 0 bridgehead atoms. The van der Waals surface area contributed by atoms with Crippen molar-refractivity contribution in [2.75, 3.05) is 13.1 Å². The molecule has 0 saturated heterocycles. The lowest BCUT2D eigenvalue weighted by molar-refractivity contribution is -0.130. The van der Waals surface area contributed by atoms with Gasteiger partial charge in [-0.25, -0.2) is 0 Å². The molecule has 29 heavy (non-hydrogen) atoms. The average Bonchev–Trinajstić information content (AvgIpc) is 2.75. The lowest BCUT2D eigenvalue weighted by Gasteiger charge is -2.28. The van der Waals surface area contributed by atoms with Gasteiger partial charge in [-0.05, 0) is 36.4 Å². The minimum Gasteiger partial charge on any atom is -0.338 e. The third kappa shape index (κ3) is 3.93. The number of hydrogen-bond donors (Lipinski definition) is 0. The maximum absolute atomic E-state index is 12.6. The maximum Gasteiger partial charge on any atom is 0.280 e. The molecule has 0 N–H and O–H groups in total. The third-order valence-corrected chi connectivity index (χ3v) is 5.35. The van der Waals surface area contributed by atoms with E-state index in [1.54, 1.807) is 18.3 Å². The smallest absolute Gasteiger partial charge is 0.280 e. The van der Waals surface area contributed by atoms with Gasteiger partial charge < -0.3 is 9.47 Å². The number of rotatable bonds is 4. The van der Waals surface area contributed by atoms with Crippen LogP contribution in [0.3, 0.4) is 0 Å². The second-order valence-electron chi connectivity index (χ2n) is 6.97. The number of nitrogens with zero attached hydrogens (tertiary/aromatic N) is 4. The molecule has 1 aromatic carbocycles. The summed E-state index contributed by atoms with van der Waals surface area (Å²) >= 11 is 6.08. The van der Waals surface area contributed by atoms with Crippen LogP contribution in [0.25, 0.3) is 16.6 Å². The Bertz CT molecular complexity index is 1150. The van der Waals surface area contributed by atoms with Gasteiger partial charge in [0.1, 0.15) is 5.82 Å². The van der Waals surface area contributed by atoms with Crippen LogP contribution >= 0.6 is 11.6 Å². The molecule has 7 heteroatoms. The molecule has 2 aromatic heterocycles. The second kappa shape index (κ2) is 8.17. The maximum atomic E-state index is 12.6. The van der Waals surface area contributed by atoms with Crippen molar-refractivity contribution in [1.82, 2.24) is 19.4 Å². The quantitative estimate of drug-likeness (QED) is 0.664. The van der Waals surface area contributed by atoms with Gasteiger partial charge in [-0.15, -0.1) is 0 Å². The van der Waals surface area contributed by atoms with E-state index < -0.39 is 0 Å². The highest BCUT2D eigenvalue weighted by Gasteiger charge is 2.21. The second-order valence-corrected chi connectivity index (χ2v) is 7.40. The normalized spacial score (nSPS) is 14.1. The van der Waals surface area contributed by atoms with Gasteiger partial charge >= 0.3 is 0 Å². The molecule has 0 unspecified atom stereocenters. The first-order chi connectivity index (χ1) is 14.1. The molecule has 3 aromatic rings. The van der Waals surface area contributed by atoms with Crippen LogP contribution in [-0.2, 0) is 17.6 Å². The lowest BCUT2D eigenvalue weighted by Crippen LogP contribution is -2.36. The van der Waals surface area contributed by atoms with E-state index in [4.69, 9.17) is 11.6 Å². The molecule has 3 heterocycles. The predicted octanol–water partition coefficient (Wildman–Crippen LogP) is 3.32. The molecule has 1 aliphatic heterocycles. The highest BCUT2D eigenvalue weighted by atomic mass is 35.5. The molecule has 148 valence electrons. The Morgan fingerprint density at radius 3 is 2.79 bits per heavy atom. The summed E-state index contributed by atoms with van der Waals surface area (Å²) in [6.07, 6.45) is 5.35. The monoisotopic (exact) mass is 408 g/mol. The van der Waals surface area contributed by atoms with Gasteiger partial charge in [-0.2, -0.15) is 4.98 Å². The highest BCUT2D eigenvalue weighted by Crippen LogP contribution is 2.25. The molecule has 0 spiro atoms. The van der Waals surface area contributed by atoms with E-state index >= 15 is 0 Å². The van der Waals surface area contributed by atoms with E-state index in [2.05, 4.69) is 9.97 Å². The first-order valence-electron chi connectivity index (χ1n) is 9.65. The molecule has 6 nitrogen and oxygen atoms in total. The molecule has 0 aliphatic carbocycles. The van der Waals surface area contributed by atoms with E-state index in [1.165, 1.54) is 0 Å². The molecular formula is C22H21ClN4O2. The van der Waals surface area contributed by atoms with Crippen LogP contribution < -0.4 is 5.56 Å². The number of amides is 1. The molecule has 0 radical (unpaired) electrons. The van der Waals surface area contributed by atoms with Crippen LogP contribution in [-0.4, -0.2) is 38.4 Å². The lowest BCUT2D eigenvalue weighted by atomic mass is 10.1. The zero-order valence-electron chi connectivity index (χ0n) is 16.1. The summed E-state index contributed by atoms with van der Waals surface area (Å²) in [6, 6.07) is 10.9. The minimum absolute atomic E-state index is 0.0596. The van der Waals surface area contributed by atoms with Gasteiger partial charge in [0.2, 0.25) is 5.91 Å². The number of aryl methyl sites for hydroxylation is 1. The van der Waals surface area contributed by atoms with Crippen LogP contribution in [0.5, 0.6) is 0 Å². The standard InChI is InChI=1S/C22H21ClN4O2/c1-2-20-25-22(29)18-13-15(23)6-7-19(18)27(20)17-8-11-26(12-9-17)21(28)14-16-5-3-4-10-24-16/h3-8,10,13H,2,9,11-12,14H2,1H3. The average molecular weight is 409 g/mol. The Hall–Kier alpha value is -2.99. The van der Waals surface area contributed by atoms with Crippen LogP contribution in [0.4, 0.5) is 0 Å². The molecule has 1 aliphatic rings. The largest absolute Gasteiger partial charge is 0.338 e. The van der Waals surface area contributed by atoms with E-state index in [-0.39, 0.29) is 11.5 Å². The Morgan fingerprint density at radius 2 is 2.10 bits per heavy atom. The van der Waals surface area contributed by atoms with Crippen LogP contribution in [0.2, 0.25) is 5.02 Å². The molecule has 4 rings (SSSR count). The van der Waals surface area contributed by atoms with Crippen molar-refractivity contribution in [2.45, 2.75) is 26.2 Å². The number of aromatic nitrogens is 3. The number of fused-ring (bicyclic) bond motifs is 1. The fourth-order valence-corrected chi connectivity index (χ4v) is 3.83. The van der Waals surface area contributed by atoms with Gasteiger partial charge in [0.15, 0.2) is 0 Å². The number of benzene rings is 1. The Labute approximate surface area is 173 Å². The van der Waals surface area contributed by atoms with Crippen LogP contribution in [0.15, 0.2) is 53.5 Å². The summed E-state index contributed by atoms with van der Waals surface area (Å²) in [4.78, 5) is 35.3. The van der Waals surface area contributed by atoms with Crippen molar-refractivity contribution in [3.05, 3.63) is 75.6 Å². The number of hydrogen-bond acceptors (Lipinski definition) is 4. The van der Waals surface area contributed by atoms with Crippen molar-refractivity contribution in [3.63, 3.8) is 0 Å². The zero-order valence-corrected chi connectivity index (χ0v) is 16.9. The summed E-state index contributed by atoms with van der Waals surface area (Å²) in [7, 11) is 0. The van der Waals surface area contributed by atoms with Gasteiger partial charge in [-0.1, -0.05) is 24.6 Å². The predicted molar refractivity (Wildman–Crippen MR) is 114 cm³/mol. The molecule has 1 amide bonds. The van der Waals surface area contributed by atoms with Crippen molar-refractivity contribution in [2.24, 2.45) is 0 Å². The number of pyridine rings is 1. The number of carbonyl (C=O) groups is 1. The van der Waals surface area contributed by atoms with E-state index in [1.807, 2.05) is 46.7 Å². The molecule has 0 saturated carbocycles. The van der Waals surface area contributed by atoms with Gasteiger partial charge in [0.05, 0.1) is 17.3 Å². The summed E-state index contributed by atoms with van der Waals surface area (Å²) in [6.45, 7) is 3.11. The molecular weight excluding hydrogens is 388 g/mol. The summed E-state index contributed by atoms with van der Waals surface area (Å²) in [5.41, 5.74) is 2.35. The van der Waals surface area contributed by atoms with E-state index in [0.29, 0.717) is 48.6 Å². The van der Waals surface area contributed by atoms with Gasteiger partial charge in [0.25, 0.3) is 5.56 Å². The summed E-state index contributed by atoms with van der Waals surface area (Å²) in [5.74, 6) is 0.772. The van der Waals surface area contributed by atoms with E-state index in [0.717, 1.165) is 16.9 Å². The Kier molecular flexibility index (Phi) is 5.45. The summed E-state index contributed by atoms with van der Waals surface area (Å²) in [5, 5.41) is 1.01. The fraction of sp³-hybridized carbons (Fsp3) is 0.273. The van der Waals surface area contributed by atoms with Crippen LogP contribution in [0.1, 0.15) is 24.9 Å². The molecule has 0 atom stereocenters. The first-order valence-corrected chi connectivity index (χ1v) is 10.0. The topological polar surface area (TPSA) is 68.1 Å². The first kappa shape index (κ1) is 19.3. The van der Waals surface area contributed by atoms with Gasteiger partial charge in [0, 0.05) is 48.5 Å². The van der Waals surface area contributed by atoms with E-state index in [9.17, 15) is 9.59 Å². The zero-order chi connectivity index (χ0) is 20.4. The van der Waals surface area contributed by atoms with Crippen molar-refractivity contribution < 1.29 is 4.79 Å². The third-order valence-electron chi connectivity index (χ3n) is 5.12. The number of carbonyl (C=O) groups excluding carboxylic acids is 1. The molecule has 0 fully saturated rings. The SMILES string of the molecule is CCc1nc(=O)c2cc(Cl)ccc2n1C1=CCN(C(=O)Cc2ccccn2)CC1. The van der Waals surface area contributed by atoms with Crippen molar-refractivity contribution >= 4 is 34.1 Å². The summed E-state index contributed by atoms with van der Waals surface area (Å²) < 4.78 is 2.04. The fourth-order valence-electron chi connectivity index (χ4n) is 3.66. The Morgan fingerprint density at radius 1 is 1.24 bits per heavy atom. The van der Waals surface area contributed by atoms with Crippen LogP contribution in [0, 0.1) is 0 Å². The van der Waals surface area contributed by atoms with Gasteiger partial charge in [-0.3, -0.25) is 14.6 Å². The minimum atomic E-state index is -0.265. The van der Waals surface area contributed by atoms with Crippen molar-refractivity contribution in [3.8, 4) is 0 Å². The highest BCUT2D eigenvalue weighted by molar-refractivity contribution is 6.31. The van der Waals surface area contributed by atoms with Crippen molar-refractivity contribution in [1.29, 1.82) is 0 Å². The number of halogens is 1.